The van der Waals surface area contributed by atoms with Crippen molar-refractivity contribution in [2.45, 2.75) is 19.3 Å². The van der Waals surface area contributed by atoms with E-state index in [1.54, 1.807) is 11.3 Å². The van der Waals surface area contributed by atoms with E-state index in [-0.39, 0.29) is 0 Å². The number of hydrogen-bond acceptors (Lipinski definition) is 3. The number of rotatable bonds is 2. The molecule has 1 N–H and O–H groups in total. The lowest BCUT2D eigenvalue weighted by atomic mass is 10.1. The summed E-state index contributed by atoms with van der Waals surface area (Å²) in [7, 11) is 0. The molecule has 0 unspecified atom stereocenters. The standard InChI is InChI=1S/C17H15Cl2N3S/c18-14-5-4-12(9-15(14)19)22-17-13(3-1-2-7-20-17)16(21-22)11-6-8-23-10-11/h4-6,8-10,20H,1-3,7H2. The molecule has 1 aliphatic rings. The lowest BCUT2D eigenvalue weighted by Gasteiger charge is -2.10. The third-order valence-electron chi connectivity index (χ3n) is 4.07. The second-order valence-corrected chi connectivity index (χ2v) is 7.18. The number of anilines is 1. The summed E-state index contributed by atoms with van der Waals surface area (Å²) >= 11 is 13.9. The van der Waals surface area contributed by atoms with E-state index in [9.17, 15) is 0 Å². The van der Waals surface area contributed by atoms with Crippen LogP contribution in [0.5, 0.6) is 0 Å². The molecule has 1 aliphatic heterocycles. The number of nitrogens with zero attached hydrogens (tertiary/aromatic N) is 2. The van der Waals surface area contributed by atoms with E-state index in [4.69, 9.17) is 28.3 Å². The summed E-state index contributed by atoms with van der Waals surface area (Å²) in [4.78, 5) is 0. The Kier molecular flexibility index (Phi) is 4.05. The molecule has 23 heavy (non-hydrogen) atoms. The Morgan fingerprint density at radius 2 is 2.04 bits per heavy atom. The molecule has 6 heteroatoms. The molecule has 0 aliphatic carbocycles. The van der Waals surface area contributed by atoms with Gasteiger partial charge in [0, 0.05) is 23.1 Å². The monoisotopic (exact) mass is 363 g/mol. The first-order valence-electron chi connectivity index (χ1n) is 7.58. The highest BCUT2D eigenvalue weighted by Gasteiger charge is 2.22. The van der Waals surface area contributed by atoms with Crippen LogP contribution in [0.1, 0.15) is 18.4 Å². The van der Waals surface area contributed by atoms with Gasteiger partial charge in [-0.25, -0.2) is 4.68 Å². The number of halogens is 2. The van der Waals surface area contributed by atoms with Crippen LogP contribution in [-0.4, -0.2) is 16.3 Å². The van der Waals surface area contributed by atoms with E-state index < -0.39 is 0 Å². The molecule has 118 valence electrons. The van der Waals surface area contributed by atoms with E-state index in [0.717, 1.165) is 30.2 Å². The molecular weight excluding hydrogens is 349 g/mol. The first kappa shape index (κ1) is 15.1. The Labute approximate surface area is 148 Å². The predicted molar refractivity (Wildman–Crippen MR) is 98.3 cm³/mol. The SMILES string of the molecule is Clc1ccc(-n2nc(-c3ccsc3)c3c2NCCCC3)cc1Cl. The molecular formula is C17H15Cl2N3S. The van der Waals surface area contributed by atoms with Crippen LogP contribution in [0.2, 0.25) is 10.0 Å². The molecule has 0 saturated carbocycles. The number of benzene rings is 1. The highest BCUT2D eigenvalue weighted by atomic mass is 35.5. The summed E-state index contributed by atoms with van der Waals surface area (Å²) in [5, 5.41) is 13.7. The van der Waals surface area contributed by atoms with Crippen LogP contribution >= 0.6 is 34.5 Å². The second-order valence-electron chi connectivity index (χ2n) is 5.58. The van der Waals surface area contributed by atoms with Crippen LogP contribution in [0.3, 0.4) is 0 Å². The zero-order chi connectivity index (χ0) is 15.8. The molecule has 1 aromatic carbocycles. The highest BCUT2D eigenvalue weighted by molar-refractivity contribution is 7.08. The fourth-order valence-corrected chi connectivity index (χ4v) is 3.87. The van der Waals surface area contributed by atoms with Gasteiger partial charge in [0.2, 0.25) is 0 Å². The van der Waals surface area contributed by atoms with Gasteiger partial charge in [-0.05, 0) is 48.9 Å². The van der Waals surface area contributed by atoms with Crippen molar-refractivity contribution in [3.8, 4) is 16.9 Å². The second kappa shape index (κ2) is 6.19. The van der Waals surface area contributed by atoms with Crippen LogP contribution in [0.4, 0.5) is 5.82 Å². The molecule has 3 nitrogen and oxygen atoms in total. The molecule has 0 amide bonds. The fraction of sp³-hybridized carbons (Fsp3) is 0.235. The molecule has 0 spiro atoms. The van der Waals surface area contributed by atoms with E-state index in [2.05, 4.69) is 22.1 Å². The van der Waals surface area contributed by atoms with Crippen molar-refractivity contribution in [3.05, 3.63) is 50.6 Å². The zero-order valence-electron chi connectivity index (χ0n) is 12.4. The van der Waals surface area contributed by atoms with Crippen LogP contribution in [0.25, 0.3) is 16.9 Å². The van der Waals surface area contributed by atoms with Gasteiger partial charge in [0.25, 0.3) is 0 Å². The fourth-order valence-electron chi connectivity index (χ4n) is 2.94. The van der Waals surface area contributed by atoms with Crippen molar-refractivity contribution in [1.29, 1.82) is 0 Å². The summed E-state index contributed by atoms with van der Waals surface area (Å²) in [6.45, 7) is 0.961. The van der Waals surface area contributed by atoms with Crippen LogP contribution < -0.4 is 5.32 Å². The van der Waals surface area contributed by atoms with Gasteiger partial charge in [0.15, 0.2) is 0 Å². The molecule has 2 aromatic heterocycles. The molecule has 4 rings (SSSR count). The van der Waals surface area contributed by atoms with Gasteiger partial charge in [-0.15, -0.1) is 0 Å². The first-order valence-corrected chi connectivity index (χ1v) is 9.27. The number of thiophene rings is 1. The molecule has 3 aromatic rings. The van der Waals surface area contributed by atoms with Gasteiger partial charge in [0.1, 0.15) is 5.82 Å². The molecule has 0 atom stereocenters. The third-order valence-corrected chi connectivity index (χ3v) is 5.49. The molecule has 0 radical (unpaired) electrons. The maximum atomic E-state index is 6.19. The molecule has 0 bridgehead atoms. The minimum Gasteiger partial charge on any atom is -0.370 e. The predicted octanol–water partition coefficient (Wildman–Crippen LogP) is 5.66. The van der Waals surface area contributed by atoms with Gasteiger partial charge >= 0.3 is 0 Å². The summed E-state index contributed by atoms with van der Waals surface area (Å²) in [6, 6.07) is 7.75. The largest absolute Gasteiger partial charge is 0.370 e. The lowest BCUT2D eigenvalue weighted by Crippen LogP contribution is -2.07. The lowest BCUT2D eigenvalue weighted by molar-refractivity contribution is 0.780. The molecule has 3 heterocycles. The van der Waals surface area contributed by atoms with Crippen molar-refractivity contribution in [2.24, 2.45) is 0 Å². The van der Waals surface area contributed by atoms with Crippen LogP contribution in [0, 0.1) is 0 Å². The van der Waals surface area contributed by atoms with Crippen molar-refractivity contribution in [3.63, 3.8) is 0 Å². The average molecular weight is 364 g/mol. The normalized spacial score (nSPS) is 14.2. The first-order chi connectivity index (χ1) is 11.2. The summed E-state index contributed by atoms with van der Waals surface area (Å²) in [6.07, 6.45) is 3.37. The van der Waals surface area contributed by atoms with Gasteiger partial charge in [0.05, 0.1) is 21.4 Å². The zero-order valence-corrected chi connectivity index (χ0v) is 14.7. The highest BCUT2D eigenvalue weighted by Crippen LogP contribution is 2.35. The minimum atomic E-state index is 0.541. The van der Waals surface area contributed by atoms with E-state index in [1.807, 2.05) is 22.9 Å². The quantitative estimate of drug-likeness (QED) is 0.636. The maximum absolute atomic E-state index is 6.19. The average Bonchev–Trinajstić information content (AvgIpc) is 3.12. The number of aromatic nitrogens is 2. The van der Waals surface area contributed by atoms with Crippen molar-refractivity contribution in [2.75, 3.05) is 11.9 Å². The van der Waals surface area contributed by atoms with E-state index >= 15 is 0 Å². The Balaban J connectivity index is 1.91. The Morgan fingerprint density at radius 1 is 1.13 bits per heavy atom. The Hall–Kier alpha value is -1.49. The summed E-state index contributed by atoms with van der Waals surface area (Å²) in [5.41, 5.74) is 4.44. The number of fused-ring (bicyclic) bond motifs is 1. The topological polar surface area (TPSA) is 29.9 Å². The van der Waals surface area contributed by atoms with Gasteiger partial charge in [-0.2, -0.15) is 16.4 Å². The smallest absolute Gasteiger partial charge is 0.133 e. The van der Waals surface area contributed by atoms with Crippen LogP contribution in [0.15, 0.2) is 35.0 Å². The number of nitrogens with one attached hydrogen (secondary N) is 1. The van der Waals surface area contributed by atoms with Gasteiger partial charge in [-0.3, -0.25) is 0 Å². The Bertz CT molecular complexity index is 840. The maximum Gasteiger partial charge on any atom is 0.133 e. The molecule has 0 saturated heterocycles. The van der Waals surface area contributed by atoms with E-state index in [0.29, 0.717) is 10.0 Å². The third kappa shape index (κ3) is 2.75. The minimum absolute atomic E-state index is 0.541. The van der Waals surface area contributed by atoms with Crippen LogP contribution in [-0.2, 0) is 6.42 Å². The summed E-state index contributed by atoms with van der Waals surface area (Å²) < 4.78 is 1.95. The van der Waals surface area contributed by atoms with Crippen molar-refractivity contribution in [1.82, 2.24) is 9.78 Å². The number of hydrogen-bond donors (Lipinski definition) is 1. The van der Waals surface area contributed by atoms with E-state index in [1.165, 1.54) is 24.0 Å². The molecule has 0 fully saturated rings. The van der Waals surface area contributed by atoms with Gasteiger partial charge in [-0.1, -0.05) is 23.2 Å². The van der Waals surface area contributed by atoms with Crippen molar-refractivity contribution < 1.29 is 0 Å². The van der Waals surface area contributed by atoms with Gasteiger partial charge < -0.3 is 5.32 Å². The summed E-state index contributed by atoms with van der Waals surface area (Å²) in [5.74, 6) is 1.07. The van der Waals surface area contributed by atoms with Crippen molar-refractivity contribution >= 4 is 40.4 Å². The Morgan fingerprint density at radius 3 is 2.83 bits per heavy atom.